The number of hydrogen-bond acceptors (Lipinski definition) is 3. The van der Waals surface area contributed by atoms with Crippen molar-refractivity contribution in [3.8, 4) is 17.5 Å². The Labute approximate surface area is 129 Å². The molecule has 1 aromatic heterocycles. The first kappa shape index (κ1) is 14.1. The molecular weight excluding hydrogens is 276 g/mol. The third-order valence-electron chi connectivity index (χ3n) is 3.98. The van der Waals surface area contributed by atoms with Gasteiger partial charge in [-0.25, -0.2) is 4.98 Å². The number of rotatable bonds is 3. The first-order valence-corrected chi connectivity index (χ1v) is 7.27. The minimum atomic E-state index is 0.329. The van der Waals surface area contributed by atoms with Crippen molar-refractivity contribution < 1.29 is 0 Å². The number of hydrogen-bond donors (Lipinski definition) is 2. The summed E-state index contributed by atoms with van der Waals surface area (Å²) in [6.45, 7) is 0. The molecule has 1 saturated carbocycles. The lowest BCUT2D eigenvalue weighted by Crippen LogP contribution is -2.48. The van der Waals surface area contributed by atoms with Crippen molar-refractivity contribution in [3.63, 3.8) is 0 Å². The third kappa shape index (κ3) is 2.79. The monoisotopic (exact) mass is 294 g/mol. The minimum absolute atomic E-state index is 0.329. The van der Waals surface area contributed by atoms with Gasteiger partial charge in [-0.1, -0.05) is 30.3 Å². The minimum Gasteiger partial charge on any atom is -0.353 e. The molecule has 2 aromatic rings. The number of imidazole rings is 1. The van der Waals surface area contributed by atoms with E-state index in [1.165, 1.54) is 5.56 Å². The van der Waals surface area contributed by atoms with Crippen LogP contribution in [0.4, 0.5) is 0 Å². The molecule has 0 unspecified atom stereocenters. The number of guanidine groups is 1. The molecule has 0 spiro atoms. The summed E-state index contributed by atoms with van der Waals surface area (Å²) in [4.78, 5) is 8.30. The van der Waals surface area contributed by atoms with Crippen molar-refractivity contribution in [2.75, 3.05) is 7.05 Å². The summed E-state index contributed by atoms with van der Waals surface area (Å²) < 4.78 is 2.23. The van der Waals surface area contributed by atoms with E-state index < -0.39 is 0 Å². The van der Waals surface area contributed by atoms with Crippen molar-refractivity contribution in [1.29, 1.82) is 5.26 Å². The van der Waals surface area contributed by atoms with Crippen LogP contribution in [0.5, 0.6) is 0 Å². The van der Waals surface area contributed by atoms with Crippen LogP contribution < -0.4 is 10.6 Å². The highest BCUT2D eigenvalue weighted by molar-refractivity contribution is 5.81. The highest BCUT2D eigenvalue weighted by atomic mass is 15.2. The van der Waals surface area contributed by atoms with Gasteiger partial charge in [0.1, 0.15) is 0 Å². The quantitative estimate of drug-likeness (QED) is 0.392. The zero-order valence-electron chi connectivity index (χ0n) is 12.4. The Morgan fingerprint density at radius 1 is 1.36 bits per heavy atom. The lowest BCUT2D eigenvalue weighted by molar-refractivity contribution is 0.248. The van der Waals surface area contributed by atoms with Crippen LogP contribution >= 0.6 is 0 Å². The zero-order valence-corrected chi connectivity index (χ0v) is 12.4. The summed E-state index contributed by atoms with van der Waals surface area (Å²) in [6.07, 6.45) is 7.66. The Hall–Kier alpha value is -2.81. The van der Waals surface area contributed by atoms with E-state index in [0.717, 1.165) is 18.5 Å². The molecule has 6 heteroatoms. The second-order valence-corrected chi connectivity index (χ2v) is 5.33. The van der Waals surface area contributed by atoms with Gasteiger partial charge in [-0.3, -0.25) is 10.3 Å². The van der Waals surface area contributed by atoms with Gasteiger partial charge >= 0.3 is 0 Å². The predicted octanol–water partition coefficient (Wildman–Crippen LogP) is 1.90. The van der Waals surface area contributed by atoms with Gasteiger partial charge in [0.15, 0.2) is 6.19 Å². The Bertz CT molecular complexity index is 691. The lowest BCUT2D eigenvalue weighted by atomic mass is 9.86. The Kier molecular flexibility index (Phi) is 4.05. The number of nitrogens with one attached hydrogen (secondary N) is 2. The number of nitriles is 1. The number of aromatic nitrogens is 2. The van der Waals surface area contributed by atoms with Gasteiger partial charge in [-0.15, -0.1) is 0 Å². The molecule has 0 saturated heterocycles. The molecule has 0 bridgehead atoms. The standard InChI is InChI=1S/C16H18N6/c1-18-16(20-10-17)21-13-7-14(8-13)22-11-19-9-15(22)12-5-3-2-4-6-12/h2-6,9,11,13-14H,7-8H2,1H3,(H2,18,20,21). The number of benzene rings is 1. The van der Waals surface area contributed by atoms with E-state index in [1.54, 1.807) is 7.05 Å². The lowest BCUT2D eigenvalue weighted by Gasteiger charge is -2.37. The van der Waals surface area contributed by atoms with Gasteiger partial charge in [-0.05, 0) is 18.4 Å². The van der Waals surface area contributed by atoms with E-state index in [2.05, 4.69) is 37.3 Å². The molecule has 1 aliphatic carbocycles. The molecule has 1 aromatic carbocycles. The second kappa shape index (κ2) is 6.31. The highest BCUT2D eigenvalue weighted by Gasteiger charge is 2.32. The zero-order chi connectivity index (χ0) is 15.4. The fourth-order valence-corrected chi connectivity index (χ4v) is 2.76. The van der Waals surface area contributed by atoms with E-state index in [0.29, 0.717) is 18.0 Å². The van der Waals surface area contributed by atoms with Crippen LogP contribution in [0.2, 0.25) is 0 Å². The normalized spacial score (nSPS) is 20.8. The van der Waals surface area contributed by atoms with Crippen molar-refractivity contribution in [2.45, 2.75) is 24.9 Å². The summed E-state index contributed by atoms with van der Waals surface area (Å²) in [5, 5.41) is 14.4. The van der Waals surface area contributed by atoms with Gasteiger partial charge in [0.2, 0.25) is 5.96 Å². The van der Waals surface area contributed by atoms with Crippen LogP contribution in [0.25, 0.3) is 11.3 Å². The van der Waals surface area contributed by atoms with Crippen LogP contribution in [0.3, 0.4) is 0 Å². The van der Waals surface area contributed by atoms with Gasteiger partial charge in [-0.2, -0.15) is 5.26 Å². The van der Waals surface area contributed by atoms with Crippen molar-refractivity contribution in [2.24, 2.45) is 4.99 Å². The molecule has 0 atom stereocenters. The van der Waals surface area contributed by atoms with E-state index in [1.807, 2.05) is 36.9 Å². The summed E-state index contributed by atoms with van der Waals surface area (Å²) in [6, 6.07) is 11.0. The average molecular weight is 294 g/mol. The summed E-state index contributed by atoms with van der Waals surface area (Å²) >= 11 is 0. The van der Waals surface area contributed by atoms with E-state index in [4.69, 9.17) is 5.26 Å². The summed E-state index contributed by atoms with van der Waals surface area (Å²) in [7, 11) is 1.66. The SMILES string of the molecule is CN=C(NC#N)NC1CC(n2cncc2-c2ccccc2)C1. The Morgan fingerprint density at radius 2 is 2.14 bits per heavy atom. The molecule has 2 N–H and O–H groups in total. The molecule has 112 valence electrons. The Morgan fingerprint density at radius 3 is 2.82 bits per heavy atom. The maximum absolute atomic E-state index is 8.64. The van der Waals surface area contributed by atoms with Crippen LogP contribution in [-0.2, 0) is 0 Å². The smallest absolute Gasteiger partial charge is 0.204 e. The summed E-state index contributed by atoms with van der Waals surface area (Å²) in [5.74, 6) is 0.528. The van der Waals surface area contributed by atoms with Gasteiger partial charge < -0.3 is 9.88 Å². The van der Waals surface area contributed by atoms with E-state index >= 15 is 0 Å². The van der Waals surface area contributed by atoms with E-state index in [-0.39, 0.29) is 0 Å². The van der Waals surface area contributed by atoms with Crippen LogP contribution in [0, 0.1) is 11.5 Å². The van der Waals surface area contributed by atoms with Gasteiger partial charge in [0, 0.05) is 19.1 Å². The molecule has 0 amide bonds. The first-order chi connectivity index (χ1) is 10.8. The maximum atomic E-state index is 8.64. The molecule has 22 heavy (non-hydrogen) atoms. The molecule has 0 aliphatic heterocycles. The maximum Gasteiger partial charge on any atom is 0.204 e. The first-order valence-electron chi connectivity index (χ1n) is 7.27. The van der Waals surface area contributed by atoms with Crippen LogP contribution in [0.1, 0.15) is 18.9 Å². The van der Waals surface area contributed by atoms with E-state index in [9.17, 15) is 0 Å². The van der Waals surface area contributed by atoms with Gasteiger partial charge in [0.25, 0.3) is 0 Å². The topological polar surface area (TPSA) is 78.0 Å². The third-order valence-corrected chi connectivity index (χ3v) is 3.98. The molecule has 1 aliphatic rings. The highest BCUT2D eigenvalue weighted by Crippen LogP contribution is 2.35. The van der Waals surface area contributed by atoms with Gasteiger partial charge in [0.05, 0.1) is 18.2 Å². The van der Waals surface area contributed by atoms with Crippen LogP contribution in [-0.4, -0.2) is 28.6 Å². The molecule has 3 rings (SSSR count). The fraction of sp³-hybridized carbons (Fsp3) is 0.312. The molecular formula is C16H18N6. The number of aliphatic imine (C=N–C) groups is 1. The largest absolute Gasteiger partial charge is 0.353 e. The second-order valence-electron chi connectivity index (χ2n) is 5.33. The predicted molar refractivity (Wildman–Crippen MR) is 85.0 cm³/mol. The molecule has 1 fully saturated rings. The molecule has 6 nitrogen and oxygen atoms in total. The van der Waals surface area contributed by atoms with Crippen molar-refractivity contribution in [3.05, 3.63) is 42.9 Å². The average Bonchev–Trinajstić information content (AvgIpc) is 2.99. The van der Waals surface area contributed by atoms with Crippen molar-refractivity contribution >= 4 is 5.96 Å². The van der Waals surface area contributed by atoms with Crippen LogP contribution in [0.15, 0.2) is 47.8 Å². The molecule has 0 radical (unpaired) electrons. The Balaban J connectivity index is 1.65. The molecule has 1 heterocycles. The number of nitrogens with zero attached hydrogens (tertiary/aromatic N) is 4. The fourth-order valence-electron chi connectivity index (χ4n) is 2.76. The summed E-state index contributed by atoms with van der Waals surface area (Å²) in [5.41, 5.74) is 2.32. The van der Waals surface area contributed by atoms with Crippen molar-refractivity contribution in [1.82, 2.24) is 20.2 Å².